The van der Waals surface area contributed by atoms with Gasteiger partial charge in [0.25, 0.3) is 0 Å². The molecule has 25 heavy (non-hydrogen) atoms. The number of nitrogens with zero attached hydrogens (tertiary/aromatic N) is 1. The lowest BCUT2D eigenvalue weighted by molar-refractivity contribution is -0.135. The lowest BCUT2D eigenvalue weighted by Crippen LogP contribution is -2.28. The van der Waals surface area contributed by atoms with Crippen molar-refractivity contribution < 1.29 is 14.3 Å². The predicted molar refractivity (Wildman–Crippen MR) is 95.7 cm³/mol. The number of allylic oxidation sites excluding steroid dienone is 2. The summed E-state index contributed by atoms with van der Waals surface area (Å²) in [4.78, 5) is 25.5. The lowest BCUT2D eigenvalue weighted by atomic mass is 10.0. The number of esters is 1. The third-order valence-corrected chi connectivity index (χ3v) is 3.98. The van der Waals surface area contributed by atoms with Crippen molar-refractivity contribution in [2.75, 3.05) is 7.11 Å². The number of carbonyl (C=O) groups excluding carboxylic acids is 2. The van der Waals surface area contributed by atoms with E-state index >= 15 is 0 Å². The van der Waals surface area contributed by atoms with Gasteiger partial charge in [0, 0.05) is 12.2 Å². The molecule has 0 fully saturated rings. The molecule has 0 bridgehead atoms. The Morgan fingerprint density at radius 3 is 2.24 bits per heavy atom. The zero-order valence-corrected chi connectivity index (χ0v) is 13.8. The number of methoxy groups -OCH3 is 1. The Morgan fingerprint density at radius 2 is 1.64 bits per heavy atom. The van der Waals surface area contributed by atoms with Crippen LogP contribution in [-0.4, -0.2) is 23.9 Å². The molecular weight excluding hydrogens is 314 g/mol. The van der Waals surface area contributed by atoms with Gasteiger partial charge >= 0.3 is 5.97 Å². The van der Waals surface area contributed by atoms with E-state index in [-0.39, 0.29) is 11.3 Å². The van der Waals surface area contributed by atoms with Crippen LogP contribution < -0.4 is 0 Å². The molecule has 0 unspecified atom stereocenters. The number of ether oxygens (including phenoxy) is 1. The highest BCUT2D eigenvalue weighted by Gasteiger charge is 2.28. The Balaban J connectivity index is 2.09. The van der Waals surface area contributed by atoms with Crippen LogP contribution in [0.5, 0.6) is 0 Å². The van der Waals surface area contributed by atoms with Crippen molar-refractivity contribution in [3.05, 3.63) is 95.2 Å². The molecule has 0 radical (unpaired) electrons. The first-order valence-corrected chi connectivity index (χ1v) is 7.87. The van der Waals surface area contributed by atoms with E-state index in [9.17, 15) is 9.59 Å². The minimum absolute atomic E-state index is 0.178. The molecular formula is C21H17NO3. The molecule has 0 amide bonds. The fraction of sp³-hybridized carbons (Fsp3) is 0.0952. The largest absolute Gasteiger partial charge is 0.465 e. The molecule has 4 nitrogen and oxygen atoms in total. The van der Waals surface area contributed by atoms with Crippen LogP contribution in [0.25, 0.3) is 5.70 Å². The summed E-state index contributed by atoms with van der Waals surface area (Å²) in [5.74, 6) is 1.37. The molecule has 0 spiro atoms. The maximum absolute atomic E-state index is 12.0. The summed E-state index contributed by atoms with van der Waals surface area (Å²) in [6.45, 7) is 0.445. The van der Waals surface area contributed by atoms with E-state index in [1.807, 2.05) is 72.7 Å². The van der Waals surface area contributed by atoms with E-state index in [0.717, 1.165) is 16.8 Å². The predicted octanol–water partition coefficient (Wildman–Crippen LogP) is 3.36. The zero-order chi connectivity index (χ0) is 17.6. The van der Waals surface area contributed by atoms with Crippen molar-refractivity contribution in [1.82, 2.24) is 4.90 Å². The van der Waals surface area contributed by atoms with Crippen molar-refractivity contribution in [3.63, 3.8) is 0 Å². The summed E-state index contributed by atoms with van der Waals surface area (Å²) >= 11 is 0. The molecule has 2 aromatic rings. The van der Waals surface area contributed by atoms with Gasteiger partial charge in [-0.3, -0.25) is 0 Å². The Hall–Kier alpha value is -3.36. The van der Waals surface area contributed by atoms with Crippen LogP contribution in [0.1, 0.15) is 11.1 Å². The van der Waals surface area contributed by atoms with Crippen LogP contribution in [0.15, 0.2) is 84.1 Å². The highest BCUT2D eigenvalue weighted by molar-refractivity contribution is 5.98. The third-order valence-electron chi connectivity index (χ3n) is 3.98. The molecule has 1 aliphatic rings. The number of rotatable bonds is 4. The number of hydrogen-bond acceptors (Lipinski definition) is 4. The summed E-state index contributed by atoms with van der Waals surface area (Å²) < 4.78 is 4.80. The molecule has 0 N–H and O–H groups in total. The number of benzene rings is 2. The lowest BCUT2D eigenvalue weighted by Gasteiger charge is -2.31. The highest BCUT2D eigenvalue weighted by Crippen LogP contribution is 2.32. The molecule has 0 aliphatic carbocycles. The second-order valence-electron chi connectivity index (χ2n) is 5.51. The van der Waals surface area contributed by atoms with E-state index in [4.69, 9.17) is 4.74 Å². The Morgan fingerprint density at radius 1 is 1.00 bits per heavy atom. The Kier molecular flexibility index (Phi) is 4.93. The van der Waals surface area contributed by atoms with Gasteiger partial charge in [0.05, 0.1) is 12.7 Å². The normalized spacial score (nSPS) is 13.6. The zero-order valence-electron chi connectivity index (χ0n) is 13.8. The van der Waals surface area contributed by atoms with Gasteiger partial charge in [0.2, 0.25) is 0 Å². The van der Waals surface area contributed by atoms with E-state index in [1.165, 1.54) is 7.11 Å². The molecule has 0 saturated heterocycles. The van der Waals surface area contributed by atoms with E-state index in [0.29, 0.717) is 6.54 Å². The van der Waals surface area contributed by atoms with Crippen LogP contribution in [0.3, 0.4) is 0 Å². The van der Waals surface area contributed by atoms with Gasteiger partial charge in [-0.25, -0.2) is 9.59 Å². The highest BCUT2D eigenvalue weighted by atomic mass is 16.5. The van der Waals surface area contributed by atoms with Crippen LogP contribution in [0.4, 0.5) is 0 Å². The van der Waals surface area contributed by atoms with E-state index in [2.05, 4.69) is 0 Å². The van der Waals surface area contributed by atoms with Gasteiger partial charge in [-0.15, -0.1) is 0 Å². The first kappa shape index (κ1) is 16.5. The molecule has 3 rings (SSSR count). The monoisotopic (exact) mass is 331 g/mol. The van der Waals surface area contributed by atoms with Gasteiger partial charge in [0.1, 0.15) is 5.70 Å². The molecule has 0 aromatic heterocycles. The van der Waals surface area contributed by atoms with E-state index < -0.39 is 5.97 Å². The fourth-order valence-corrected chi connectivity index (χ4v) is 2.77. The molecule has 1 heterocycles. The molecule has 4 heteroatoms. The molecule has 124 valence electrons. The van der Waals surface area contributed by atoms with Crippen molar-refractivity contribution in [3.8, 4) is 0 Å². The summed E-state index contributed by atoms with van der Waals surface area (Å²) in [6, 6.07) is 19.5. The number of carbonyl (C=O) groups is 1. The minimum Gasteiger partial charge on any atom is -0.465 e. The summed E-state index contributed by atoms with van der Waals surface area (Å²) in [5.41, 5.74) is 3.18. The quantitative estimate of drug-likeness (QED) is 0.637. The molecule has 2 aromatic carbocycles. The average Bonchev–Trinajstić information content (AvgIpc) is 2.68. The smallest absolute Gasteiger partial charge is 0.340 e. The first-order chi connectivity index (χ1) is 12.2. The van der Waals surface area contributed by atoms with Gasteiger partial charge in [-0.1, -0.05) is 60.7 Å². The van der Waals surface area contributed by atoms with Crippen molar-refractivity contribution in [2.24, 2.45) is 0 Å². The van der Waals surface area contributed by atoms with Crippen molar-refractivity contribution in [2.45, 2.75) is 6.54 Å². The van der Waals surface area contributed by atoms with Crippen LogP contribution >= 0.6 is 0 Å². The standard InChI is InChI=1S/C21H17NO3/c1-25-21(24)18-12-13-19(17-10-6-3-7-11-17)22(20(18)15-23)14-16-8-4-2-5-9-16/h2-13H,14H2,1H3. The van der Waals surface area contributed by atoms with Crippen LogP contribution in [0.2, 0.25) is 0 Å². The van der Waals surface area contributed by atoms with Crippen molar-refractivity contribution >= 4 is 17.6 Å². The fourth-order valence-electron chi connectivity index (χ4n) is 2.77. The maximum atomic E-state index is 12.0. The SMILES string of the molecule is COC(=O)C1=CC=C(c2ccccc2)N(Cc2ccccc2)C1=C=O. The topological polar surface area (TPSA) is 46.6 Å². The molecule has 1 aliphatic heterocycles. The Labute approximate surface area is 146 Å². The van der Waals surface area contributed by atoms with Gasteiger partial charge in [-0.2, -0.15) is 0 Å². The molecule has 0 atom stereocenters. The second-order valence-corrected chi connectivity index (χ2v) is 5.51. The van der Waals surface area contributed by atoms with E-state index in [1.54, 1.807) is 11.0 Å². The van der Waals surface area contributed by atoms with Gasteiger partial charge in [0.15, 0.2) is 5.94 Å². The third kappa shape index (κ3) is 3.44. The summed E-state index contributed by atoms with van der Waals surface area (Å²) in [7, 11) is 1.30. The van der Waals surface area contributed by atoms with Gasteiger partial charge in [-0.05, 0) is 23.3 Å². The second kappa shape index (κ2) is 7.47. The number of hydrogen-bond donors (Lipinski definition) is 0. The van der Waals surface area contributed by atoms with Crippen LogP contribution in [0, 0.1) is 0 Å². The summed E-state index contributed by atoms with van der Waals surface area (Å²) in [5, 5.41) is 0. The minimum atomic E-state index is -0.556. The van der Waals surface area contributed by atoms with Crippen molar-refractivity contribution in [1.29, 1.82) is 0 Å². The Bertz CT molecular complexity index is 876. The van der Waals surface area contributed by atoms with Crippen LogP contribution in [-0.2, 0) is 20.9 Å². The first-order valence-electron chi connectivity index (χ1n) is 7.87. The summed E-state index contributed by atoms with van der Waals surface area (Å²) in [6.07, 6.45) is 3.43. The maximum Gasteiger partial charge on any atom is 0.340 e. The molecule has 0 saturated carbocycles. The van der Waals surface area contributed by atoms with Gasteiger partial charge < -0.3 is 9.64 Å². The average molecular weight is 331 g/mol.